The maximum absolute atomic E-state index is 11.0. The molecule has 0 aliphatic carbocycles. The summed E-state index contributed by atoms with van der Waals surface area (Å²) < 4.78 is 0. The summed E-state index contributed by atoms with van der Waals surface area (Å²) in [5, 5.41) is 0. The van der Waals surface area contributed by atoms with Crippen molar-refractivity contribution in [3.63, 3.8) is 0 Å². The van der Waals surface area contributed by atoms with Gasteiger partial charge >= 0.3 is 0 Å². The van der Waals surface area contributed by atoms with E-state index in [0.29, 0.717) is 5.57 Å². The van der Waals surface area contributed by atoms with Crippen molar-refractivity contribution >= 4 is 5.91 Å². The normalized spacial score (nSPS) is 13.4. The minimum Gasteiger partial charge on any atom is -0.366 e. The van der Waals surface area contributed by atoms with Crippen molar-refractivity contribution in [1.82, 2.24) is 0 Å². The molecule has 0 aromatic heterocycles. The lowest BCUT2D eigenvalue weighted by atomic mass is 10.1. The number of amides is 1. The molecule has 0 aromatic carbocycles. The van der Waals surface area contributed by atoms with E-state index in [4.69, 9.17) is 5.73 Å². The van der Waals surface area contributed by atoms with Crippen LogP contribution in [0.15, 0.2) is 48.1 Å². The van der Waals surface area contributed by atoms with Crippen LogP contribution in [-0.2, 0) is 4.79 Å². The van der Waals surface area contributed by atoms with E-state index in [1.807, 2.05) is 26.0 Å². The van der Waals surface area contributed by atoms with E-state index in [9.17, 15) is 4.79 Å². The Morgan fingerprint density at radius 2 is 2.00 bits per heavy atom. The van der Waals surface area contributed by atoms with Gasteiger partial charge in [0.1, 0.15) is 0 Å². The molecular formula is C11H15NO. The molecule has 0 aliphatic heterocycles. The van der Waals surface area contributed by atoms with Crippen molar-refractivity contribution in [2.24, 2.45) is 5.73 Å². The lowest BCUT2D eigenvalue weighted by Crippen LogP contribution is -2.13. The van der Waals surface area contributed by atoms with Gasteiger partial charge in [0.2, 0.25) is 5.91 Å². The Kier molecular flexibility index (Phi) is 5.28. The van der Waals surface area contributed by atoms with Crippen LogP contribution in [0.1, 0.15) is 13.8 Å². The first-order valence-corrected chi connectivity index (χ1v) is 4.06. The first-order chi connectivity index (χ1) is 6.13. The van der Waals surface area contributed by atoms with Gasteiger partial charge in [-0.3, -0.25) is 4.79 Å². The second-order valence-corrected chi connectivity index (χ2v) is 2.56. The number of allylic oxidation sites excluding steroid dienone is 5. The fraction of sp³-hybridized carbons (Fsp3) is 0.182. The molecule has 0 heterocycles. The van der Waals surface area contributed by atoms with Crippen LogP contribution in [-0.4, -0.2) is 5.91 Å². The van der Waals surface area contributed by atoms with Gasteiger partial charge in [0.15, 0.2) is 0 Å². The van der Waals surface area contributed by atoms with E-state index in [-0.39, 0.29) is 0 Å². The van der Waals surface area contributed by atoms with Gasteiger partial charge in [0.25, 0.3) is 0 Å². The highest BCUT2D eigenvalue weighted by atomic mass is 16.1. The Balaban J connectivity index is 4.98. The number of rotatable bonds is 4. The third-order valence-corrected chi connectivity index (χ3v) is 1.51. The predicted molar refractivity (Wildman–Crippen MR) is 56.0 cm³/mol. The van der Waals surface area contributed by atoms with E-state index in [1.54, 1.807) is 18.2 Å². The van der Waals surface area contributed by atoms with Gasteiger partial charge in [0.05, 0.1) is 0 Å². The molecule has 2 heteroatoms. The summed E-state index contributed by atoms with van der Waals surface area (Å²) in [6, 6.07) is 0. The molecule has 0 bridgehead atoms. The van der Waals surface area contributed by atoms with E-state index in [1.165, 1.54) is 0 Å². The van der Waals surface area contributed by atoms with Gasteiger partial charge in [0, 0.05) is 5.57 Å². The zero-order chi connectivity index (χ0) is 10.3. The smallest absolute Gasteiger partial charge is 0.248 e. The summed E-state index contributed by atoms with van der Waals surface area (Å²) in [6.07, 6.45) is 8.65. The van der Waals surface area contributed by atoms with Crippen LogP contribution in [0, 0.1) is 0 Å². The van der Waals surface area contributed by atoms with Gasteiger partial charge < -0.3 is 5.73 Å². The largest absolute Gasteiger partial charge is 0.366 e. The van der Waals surface area contributed by atoms with Crippen LogP contribution in [0.3, 0.4) is 0 Å². The van der Waals surface area contributed by atoms with E-state index >= 15 is 0 Å². The van der Waals surface area contributed by atoms with E-state index in [0.717, 1.165) is 5.57 Å². The molecule has 0 saturated heterocycles. The van der Waals surface area contributed by atoms with Gasteiger partial charge in [-0.1, -0.05) is 30.9 Å². The van der Waals surface area contributed by atoms with Crippen LogP contribution in [0.25, 0.3) is 0 Å². The highest BCUT2D eigenvalue weighted by Gasteiger charge is 2.02. The van der Waals surface area contributed by atoms with Gasteiger partial charge in [-0.25, -0.2) is 0 Å². The number of hydrogen-bond donors (Lipinski definition) is 1. The zero-order valence-corrected chi connectivity index (χ0v) is 8.08. The van der Waals surface area contributed by atoms with Crippen LogP contribution >= 0.6 is 0 Å². The maximum Gasteiger partial charge on any atom is 0.248 e. The Hall–Kier alpha value is -1.57. The molecule has 0 aliphatic rings. The van der Waals surface area contributed by atoms with Crippen molar-refractivity contribution in [2.45, 2.75) is 13.8 Å². The first-order valence-electron chi connectivity index (χ1n) is 4.06. The summed E-state index contributed by atoms with van der Waals surface area (Å²) in [4.78, 5) is 11.0. The van der Waals surface area contributed by atoms with Gasteiger partial charge in [-0.05, 0) is 25.5 Å². The number of hydrogen-bond acceptors (Lipinski definition) is 1. The van der Waals surface area contributed by atoms with Gasteiger partial charge in [-0.2, -0.15) is 0 Å². The van der Waals surface area contributed by atoms with Gasteiger partial charge in [-0.15, -0.1) is 0 Å². The van der Waals surface area contributed by atoms with E-state index in [2.05, 4.69) is 6.58 Å². The molecule has 0 saturated carbocycles. The van der Waals surface area contributed by atoms with Crippen LogP contribution in [0.4, 0.5) is 0 Å². The number of nitrogens with two attached hydrogens (primary N) is 1. The highest BCUT2D eigenvalue weighted by Crippen LogP contribution is 2.06. The lowest BCUT2D eigenvalue weighted by molar-refractivity contribution is -0.114. The fourth-order valence-corrected chi connectivity index (χ4v) is 0.912. The fourth-order valence-electron chi connectivity index (χ4n) is 0.912. The van der Waals surface area contributed by atoms with Crippen LogP contribution in [0.5, 0.6) is 0 Å². The molecule has 0 atom stereocenters. The molecule has 0 fully saturated rings. The van der Waals surface area contributed by atoms with Crippen LogP contribution < -0.4 is 5.73 Å². The Bertz CT molecular complexity index is 282. The van der Waals surface area contributed by atoms with Crippen molar-refractivity contribution in [1.29, 1.82) is 0 Å². The number of carbonyl (C=O) groups excluding carboxylic acids is 1. The molecule has 0 aromatic rings. The average Bonchev–Trinajstić information content (AvgIpc) is 2.05. The highest BCUT2D eigenvalue weighted by molar-refractivity contribution is 5.96. The third-order valence-electron chi connectivity index (χ3n) is 1.51. The summed E-state index contributed by atoms with van der Waals surface area (Å²) in [7, 11) is 0. The summed E-state index contributed by atoms with van der Waals surface area (Å²) in [5.41, 5.74) is 6.56. The Labute approximate surface area is 79.1 Å². The molecule has 1 amide bonds. The molecule has 0 spiro atoms. The van der Waals surface area contributed by atoms with Crippen LogP contribution in [0.2, 0.25) is 0 Å². The quantitative estimate of drug-likeness (QED) is 0.518. The molecule has 2 N–H and O–H groups in total. The first kappa shape index (κ1) is 11.4. The van der Waals surface area contributed by atoms with Crippen molar-refractivity contribution in [3.8, 4) is 0 Å². The molecule has 70 valence electrons. The zero-order valence-electron chi connectivity index (χ0n) is 8.08. The monoisotopic (exact) mass is 177 g/mol. The molecule has 0 unspecified atom stereocenters. The summed E-state index contributed by atoms with van der Waals surface area (Å²) in [5.74, 6) is -0.422. The second kappa shape index (κ2) is 6.00. The standard InChI is InChI=1S/C11H15NO/c1-4-6-8-10(11(12)13)9(3)7-5-2/h4-8H,1H2,2-3H3,(H2,12,13)/b7-5-,8-6-,10-9+. The summed E-state index contributed by atoms with van der Waals surface area (Å²) in [6.45, 7) is 7.25. The van der Waals surface area contributed by atoms with E-state index < -0.39 is 5.91 Å². The van der Waals surface area contributed by atoms with Crippen molar-refractivity contribution in [2.75, 3.05) is 0 Å². The minimum atomic E-state index is -0.422. The molecular weight excluding hydrogens is 162 g/mol. The average molecular weight is 177 g/mol. The molecule has 0 radical (unpaired) electrons. The summed E-state index contributed by atoms with van der Waals surface area (Å²) >= 11 is 0. The minimum absolute atomic E-state index is 0.422. The van der Waals surface area contributed by atoms with Crippen molar-refractivity contribution < 1.29 is 4.79 Å². The Morgan fingerprint density at radius 1 is 1.38 bits per heavy atom. The lowest BCUT2D eigenvalue weighted by Gasteiger charge is -1.98. The Morgan fingerprint density at radius 3 is 2.38 bits per heavy atom. The second-order valence-electron chi connectivity index (χ2n) is 2.56. The topological polar surface area (TPSA) is 43.1 Å². The maximum atomic E-state index is 11.0. The number of carbonyl (C=O) groups is 1. The molecule has 0 rings (SSSR count). The predicted octanol–water partition coefficient (Wildman–Crippen LogP) is 2.11. The SMILES string of the molecule is C=C\C=C/C(C(N)=O)=C(C)\C=C/C. The third kappa shape index (κ3) is 4.11. The van der Waals surface area contributed by atoms with Crippen molar-refractivity contribution in [3.05, 3.63) is 48.1 Å². The molecule has 2 nitrogen and oxygen atoms in total. The molecule has 13 heavy (non-hydrogen) atoms. The number of primary amides is 1.